The number of hydrogen-bond donors (Lipinski definition) is 0. The second-order valence-corrected chi connectivity index (χ2v) is 7.96. The van der Waals surface area contributed by atoms with Crippen LogP contribution in [0.2, 0.25) is 5.02 Å². The van der Waals surface area contributed by atoms with Crippen LogP contribution in [0, 0.1) is 0 Å². The van der Waals surface area contributed by atoms with Gasteiger partial charge in [-0.15, -0.1) is 0 Å². The quantitative estimate of drug-likeness (QED) is 0.385. The van der Waals surface area contributed by atoms with E-state index in [9.17, 15) is 4.79 Å². The molecule has 1 aromatic heterocycles. The van der Waals surface area contributed by atoms with Crippen LogP contribution < -0.4 is 4.90 Å². The fourth-order valence-corrected chi connectivity index (χ4v) is 3.50. The number of anilines is 1. The number of carbonyl (C=O) groups excluding carboxylic acids is 1. The predicted octanol–water partition coefficient (Wildman–Crippen LogP) is 4.73. The molecule has 0 N–H and O–H groups in total. The third-order valence-corrected chi connectivity index (χ3v) is 5.34. The molecule has 1 unspecified atom stereocenters. The van der Waals surface area contributed by atoms with Crippen LogP contribution in [0.4, 0.5) is 5.69 Å². The molecule has 2 heterocycles. The maximum absolute atomic E-state index is 12.9. The normalized spacial score (nSPS) is 15.8. The molecule has 0 fully saturated rings. The molecule has 0 saturated heterocycles. The number of furan rings is 1. The minimum atomic E-state index is -0.339. The van der Waals surface area contributed by atoms with Crippen LogP contribution in [0.5, 0.6) is 0 Å². The first-order chi connectivity index (χ1) is 15.5. The zero-order valence-corrected chi connectivity index (χ0v) is 18.6. The molecule has 0 bridgehead atoms. The van der Waals surface area contributed by atoms with Crippen molar-refractivity contribution in [2.75, 3.05) is 25.6 Å². The van der Waals surface area contributed by atoms with E-state index in [2.05, 4.69) is 10.3 Å². The Bertz CT molecular complexity index is 1110. The lowest BCUT2D eigenvalue weighted by Crippen LogP contribution is -2.29. The van der Waals surface area contributed by atoms with Crippen molar-refractivity contribution in [3.05, 3.63) is 88.8 Å². The van der Waals surface area contributed by atoms with Crippen LogP contribution in [0.15, 0.2) is 81.6 Å². The van der Waals surface area contributed by atoms with Gasteiger partial charge in [-0.05, 0) is 47.5 Å². The average Bonchev–Trinajstić information content (AvgIpc) is 3.47. The molecule has 8 heteroatoms. The molecule has 0 aliphatic carbocycles. The molecule has 1 aliphatic rings. The van der Waals surface area contributed by atoms with Crippen molar-refractivity contribution in [1.82, 2.24) is 5.01 Å². The summed E-state index contributed by atoms with van der Waals surface area (Å²) < 4.78 is 5.55. The number of hydrogen-bond acceptors (Lipinski definition) is 6. The van der Waals surface area contributed by atoms with Crippen LogP contribution >= 0.6 is 11.6 Å². The lowest BCUT2D eigenvalue weighted by molar-refractivity contribution is -0.138. The molecule has 1 amide bonds. The highest BCUT2D eigenvalue weighted by molar-refractivity contribution is 6.30. The van der Waals surface area contributed by atoms with Gasteiger partial charge in [0, 0.05) is 31.2 Å². The monoisotopic (exact) mass is 450 g/mol. The van der Waals surface area contributed by atoms with E-state index < -0.39 is 0 Å². The molecule has 2 aromatic carbocycles. The summed E-state index contributed by atoms with van der Waals surface area (Å²) in [7, 11) is 3.96. The predicted molar refractivity (Wildman–Crippen MR) is 125 cm³/mol. The maximum atomic E-state index is 12.9. The number of benzene rings is 2. The summed E-state index contributed by atoms with van der Waals surface area (Å²) in [6, 6.07) is 18.5. The Hall–Kier alpha value is -3.58. The summed E-state index contributed by atoms with van der Waals surface area (Å²) in [5.74, 6) is 0.353. The first-order valence-corrected chi connectivity index (χ1v) is 10.5. The van der Waals surface area contributed by atoms with Crippen molar-refractivity contribution < 1.29 is 14.0 Å². The number of amides is 1. The second kappa shape index (κ2) is 9.70. The SMILES string of the molecule is CN(C)c1ccc(/C=N/OCC(=O)N2N=C(c3ccc(Cl)cc3)CC2c2ccco2)cc1. The summed E-state index contributed by atoms with van der Waals surface area (Å²) in [4.78, 5) is 20.1. The number of carbonyl (C=O) groups is 1. The van der Waals surface area contributed by atoms with Crippen molar-refractivity contribution in [1.29, 1.82) is 0 Å². The molecule has 4 rings (SSSR count). The maximum Gasteiger partial charge on any atom is 0.284 e. The Balaban J connectivity index is 1.43. The summed E-state index contributed by atoms with van der Waals surface area (Å²) in [6.45, 7) is -0.235. The molecule has 0 spiro atoms. The van der Waals surface area contributed by atoms with E-state index in [1.807, 2.05) is 61.5 Å². The first-order valence-electron chi connectivity index (χ1n) is 10.1. The van der Waals surface area contributed by atoms with Crippen molar-refractivity contribution >= 4 is 35.1 Å². The van der Waals surface area contributed by atoms with Crippen LogP contribution in [0.3, 0.4) is 0 Å². The number of rotatable bonds is 7. The number of nitrogens with zero attached hydrogens (tertiary/aromatic N) is 4. The highest BCUT2D eigenvalue weighted by Gasteiger charge is 2.35. The summed E-state index contributed by atoms with van der Waals surface area (Å²) in [5, 5.41) is 10.5. The summed E-state index contributed by atoms with van der Waals surface area (Å²) >= 11 is 5.99. The average molecular weight is 451 g/mol. The number of hydrazone groups is 1. The zero-order chi connectivity index (χ0) is 22.5. The number of oxime groups is 1. The van der Waals surface area contributed by atoms with Gasteiger partial charge in [-0.3, -0.25) is 4.79 Å². The molecule has 1 aliphatic heterocycles. The van der Waals surface area contributed by atoms with E-state index in [1.165, 1.54) is 5.01 Å². The zero-order valence-electron chi connectivity index (χ0n) is 17.8. The number of halogens is 1. The Morgan fingerprint density at radius 3 is 2.62 bits per heavy atom. The van der Waals surface area contributed by atoms with E-state index >= 15 is 0 Å². The van der Waals surface area contributed by atoms with Gasteiger partial charge in [-0.1, -0.05) is 41.0 Å². The van der Waals surface area contributed by atoms with Crippen molar-refractivity contribution in [2.24, 2.45) is 10.3 Å². The molecule has 7 nitrogen and oxygen atoms in total. The Labute approximate surface area is 191 Å². The Morgan fingerprint density at radius 1 is 1.22 bits per heavy atom. The summed E-state index contributed by atoms with van der Waals surface area (Å²) in [6.07, 6.45) is 3.69. The van der Waals surface area contributed by atoms with Gasteiger partial charge in [0.2, 0.25) is 0 Å². The van der Waals surface area contributed by atoms with E-state index in [-0.39, 0.29) is 18.6 Å². The summed E-state index contributed by atoms with van der Waals surface area (Å²) in [5.41, 5.74) is 3.65. The van der Waals surface area contributed by atoms with Gasteiger partial charge in [-0.25, -0.2) is 5.01 Å². The lowest BCUT2D eigenvalue weighted by atomic mass is 10.0. The van der Waals surface area contributed by atoms with Gasteiger partial charge in [-0.2, -0.15) is 5.10 Å². The first kappa shape index (κ1) is 21.6. The fourth-order valence-electron chi connectivity index (χ4n) is 3.37. The molecular formula is C24H23ClN4O3. The van der Waals surface area contributed by atoms with Gasteiger partial charge in [0.25, 0.3) is 5.91 Å². The van der Waals surface area contributed by atoms with Crippen LogP contribution in [0.25, 0.3) is 0 Å². The van der Waals surface area contributed by atoms with Crippen molar-refractivity contribution in [3.8, 4) is 0 Å². The van der Waals surface area contributed by atoms with Gasteiger partial charge in [0.05, 0.1) is 18.2 Å². The van der Waals surface area contributed by atoms with E-state index in [1.54, 1.807) is 30.7 Å². The van der Waals surface area contributed by atoms with Crippen molar-refractivity contribution in [2.45, 2.75) is 12.5 Å². The Kier molecular flexibility index (Phi) is 6.56. The molecule has 0 saturated carbocycles. The molecule has 1 atom stereocenters. The van der Waals surface area contributed by atoms with E-state index in [4.69, 9.17) is 20.9 Å². The van der Waals surface area contributed by atoms with Crippen LogP contribution in [-0.4, -0.2) is 43.5 Å². The van der Waals surface area contributed by atoms with Crippen LogP contribution in [-0.2, 0) is 9.63 Å². The third kappa shape index (κ3) is 5.00. The van der Waals surface area contributed by atoms with Gasteiger partial charge in [0.15, 0.2) is 6.61 Å². The highest BCUT2D eigenvalue weighted by atomic mass is 35.5. The minimum absolute atomic E-state index is 0.235. The Morgan fingerprint density at radius 2 is 1.97 bits per heavy atom. The molecule has 3 aromatic rings. The third-order valence-electron chi connectivity index (χ3n) is 5.09. The van der Waals surface area contributed by atoms with Crippen LogP contribution in [0.1, 0.15) is 29.3 Å². The highest BCUT2D eigenvalue weighted by Crippen LogP contribution is 2.33. The van der Waals surface area contributed by atoms with Gasteiger partial charge in [0.1, 0.15) is 11.8 Å². The van der Waals surface area contributed by atoms with E-state index in [0.29, 0.717) is 17.2 Å². The minimum Gasteiger partial charge on any atom is -0.467 e. The van der Waals surface area contributed by atoms with E-state index in [0.717, 1.165) is 22.5 Å². The lowest BCUT2D eigenvalue weighted by Gasteiger charge is -2.19. The molecule has 32 heavy (non-hydrogen) atoms. The standard InChI is InChI=1S/C24H23ClN4O3/c1-28(2)20-11-5-17(6-12-20)15-26-32-16-24(30)29-22(23-4-3-13-31-23)14-21(27-29)18-7-9-19(25)10-8-18/h3-13,15,22H,14,16H2,1-2H3/b26-15+. The topological polar surface area (TPSA) is 70.6 Å². The second-order valence-electron chi connectivity index (χ2n) is 7.52. The van der Waals surface area contributed by atoms with Gasteiger partial charge < -0.3 is 14.2 Å². The van der Waals surface area contributed by atoms with Gasteiger partial charge >= 0.3 is 0 Å². The van der Waals surface area contributed by atoms with Crippen molar-refractivity contribution in [3.63, 3.8) is 0 Å². The molecule has 0 radical (unpaired) electrons. The molecule has 164 valence electrons. The molecular weight excluding hydrogens is 428 g/mol. The smallest absolute Gasteiger partial charge is 0.284 e. The fraction of sp³-hybridized carbons (Fsp3) is 0.208. The largest absolute Gasteiger partial charge is 0.467 e.